The van der Waals surface area contributed by atoms with Gasteiger partial charge in [0.15, 0.2) is 0 Å². The van der Waals surface area contributed by atoms with Crippen LogP contribution >= 0.6 is 0 Å². The fourth-order valence-corrected chi connectivity index (χ4v) is 2.37. The minimum Gasteiger partial charge on any atom is -0.457 e. The second-order valence-electron chi connectivity index (χ2n) is 5.16. The van der Waals surface area contributed by atoms with E-state index in [-0.39, 0.29) is 17.4 Å². The molecule has 1 fully saturated rings. The highest BCUT2D eigenvalue weighted by Gasteiger charge is 2.32. The molecular weight excluding hydrogens is 299 g/mol. The molecule has 1 aromatic carbocycles. The summed E-state index contributed by atoms with van der Waals surface area (Å²) >= 11 is 0. The lowest BCUT2D eigenvalue weighted by Gasteiger charge is -2.08. The van der Waals surface area contributed by atoms with Gasteiger partial charge in [-0.3, -0.25) is 9.69 Å². The van der Waals surface area contributed by atoms with Gasteiger partial charge in [0.1, 0.15) is 23.0 Å². The summed E-state index contributed by atoms with van der Waals surface area (Å²) in [7, 11) is 0. The summed E-state index contributed by atoms with van der Waals surface area (Å²) in [6.07, 6.45) is 2.16. The third-order valence-corrected chi connectivity index (χ3v) is 3.43. The first-order chi connectivity index (χ1) is 11.1. The molecule has 1 saturated heterocycles. The molecule has 3 amide bonds. The van der Waals surface area contributed by atoms with Gasteiger partial charge in [0.2, 0.25) is 0 Å². The Hall–Kier alpha value is -2.89. The molecule has 3 rings (SSSR count). The Morgan fingerprint density at radius 3 is 2.83 bits per heavy atom. The Bertz CT molecular complexity index is 795. The van der Waals surface area contributed by atoms with Crippen LogP contribution in [0.4, 0.5) is 9.18 Å². The van der Waals surface area contributed by atoms with E-state index in [1.54, 1.807) is 24.3 Å². The highest BCUT2D eigenvalue weighted by molar-refractivity contribution is 6.13. The van der Waals surface area contributed by atoms with Crippen molar-refractivity contribution in [1.82, 2.24) is 10.2 Å². The van der Waals surface area contributed by atoms with E-state index in [2.05, 4.69) is 5.32 Å². The lowest BCUT2D eigenvalue weighted by Crippen LogP contribution is -2.31. The van der Waals surface area contributed by atoms with Gasteiger partial charge in [0.25, 0.3) is 5.91 Å². The molecule has 118 valence electrons. The van der Waals surface area contributed by atoms with Gasteiger partial charge < -0.3 is 9.73 Å². The van der Waals surface area contributed by atoms with Gasteiger partial charge in [-0.1, -0.05) is 19.1 Å². The highest BCUT2D eigenvalue weighted by atomic mass is 19.1. The van der Waals surface area contributed by atoms with E-state index in [0.717, 1.165) is 4.90 Å². The van der Waals surface area contributed by atoms with Crippen LogP contribution in [0.1, 0.15) is 19.1 Å². The Morgan fingerprint density at radius 2 is 2.09 bits per heavy atom. The third kappa shape index (κ3) is 3.01. The Kier molecular flexibility index (Phi) is 3.97. The van der Waals surface area contributed by atoms with Crippen molar-refractivity contribution in [2.45, 2.75) is 13.3 Å². The predicted octanol–water partition coefficient (Wildman–Crippen LogP) is 3.39. The summed E-state index contributed by atoms with van der Waals surface area (Å²) in [5.74, 6) is 0.164. The average Bonchev–Trinajstić information content (AvgIpc) is 3.09. The molecular formula is C17H15FN2O3. The largest absolute Gasteiger partial charge is 0.457 e. The van der Waals surface area contributed by atoms with Gasteiger partial charge in [-0.05, 0) is 30.7 Å². The average molecular weight is 314 g/mol. The quantitative estimate of drug-likeness (QED) is 0.695. The van der Waals surface area contributed by atoms with Crippen molar-refractivity contribution in [3.05, 3.63) is 53.7 Å². The van der Waals surface area contributed by atoms with E-state index in [4.69, 9.17) is 4.42 Å². The number of amides is 3. The first-order valence-corrected chi connectivity index (χ1v) is 7.29. The van der Waals surface area contributed by atoms with E-state index in [1.165, 1.54) is 18.2 Å². The molecule has 0 spiro atoms. The van der Waals surface area contributed by atoms with E-state index in [0.29, 0.717) is 30.0 Å². The number of carbonyl (C=O) groups excluding carboxylic acids is 2. The van der Waals surface area contributed by atoms with Crippen molar-refractivity contribution >= 4 is 18.0 Å². The van der Waals surface area contributed by atoms with Crippen molar-refractivity contribution in [2.75, 3.05) is 6.54 Å². The second-order valence-corrected chi connectivity index (χ2v) is 5.16. The normalized spacial score (nSPS) is 16.3. The molecule has 0 radical (unpaired) electrons. The first-order valence-electron chi connectivity index (χ1n) is 7.29. The molecule has 2 aromatic rings. The smallest absolute Gasteiger partial charge is 0.329 e. The van der Waals surface area contributed by atoms with E-state index in [9.17, 15) is 14.0 Å². The zero-order valence-corrected chi connectivity index (χ0v) is 12.5. The standard InChI is InChI=1S/C17H15FN2O3/c1-2-8-20-16(21)14(19-17(20)22)10-13-6-7-15(23-13)11-4-3-5-12(18)9-11/h3-7,9-10H,2,8H2,1H3,(H,19,22)/b14-10+. The summed E-state index contributed by atoms with van der Waals surface area (Å²) in [4.78, 5) is 25.0. The number of nitrogens with zero attached hydrogens (tertiary/aromatic N) is 1. The van der Waals surface area contributed by atoms with Crippen molar-refractivity contribution in [3.8, 4) is 11.3 Å². The number of imide groups is 1. The zero-order valence-electron chi connectivity index (χ0n) is 12.5. The summed E-state index contributed by atoms with van der Waals surface area (Å²) < 4.78 is 18.8. The van der Waals surface area contributed by atoms with Crippen LogP contribution in [-0.2, 0) is 4.79 Å². The van der Waals surface area contributed by atoms with Crippen LogP contribution in [0.3, 0.4) is 0 Å². The maximum absolute atomic E-state index is 13.2. The summed E-state index contributed by atoms with van der Waals surface area (Å²) in [6.45, 7) is 2.26. The second kappa shape index (κ2) is 6.08. The van der Waals surface area contributed by atoms with Gasteiger partial charge in [-0.15, -0.1) is 0 Å². The number of hydrogen-bond acceptors (Lipinski definition) is 3. The number of rotatable bonds is 4. The Labute approximate surface area is 132 Å². The molecule has 6 heteroatoms. The number of hydrogen-bond donors (Lipinski definition) is 1. The number of halogens is 1. The summed E-state index contributed by atoms with van der Waals surface area (Å²) in [5.41, 5.74) is 0.771. The molecule has 0 unspecified atom stereocenters. The Balaban J connectivity index is 1.84. The van der Waals surface area contributed by atoms with Gasteiger partial charge in [0.05, 0.1) is 0 Å². The molecule has 0 atom stereocenters. The molecule has 0 saturated carbocycles. The Morgan fingerprint density at radius 1 is 1.26 bits per heavy atom. The zero-order chi connectivity index (χ0) is 16.4. The fraction of sp³-hybridized carbons (Fsp3) is 0.176. The van der Waals surface area contributed by atoms with Crippen LogP contribution in [0, 0.1) is 5.82 Å². The lowest BCUT2D eigenvalue weighted by molar-refractivity contribution is -0.122. The molecule has 1 N–H and O–H groups in total. The van der Waals surface area contributed by atoms with Crippen LogP contribution in [-0.4, -0.2) is 23.4 Å². The third-order valence-electron chi connectivity index (χ3n) is 3.43. The minimum atomic E-state index is -0.431. The van der Waals surface area contributed by atoms with E-state index >= 15 is 0 Å². The topological polar surface area (TPSA) is 62.6 Å². The molecule has 1 aliphatic heterocycles. The van der Waals surface area contributed by atoms with E-state index < -0.39 is 6.03 Å². The minimum absolute atomic E-state index is 0.170. The van der Waals surface area contributed by atoms with Crippen molar-refractivity contribution in [3.63, 3.8) is 0 Å². The number of furan rings is 1. The van der Waals surface area contributed by atoms with Gasteiger partial charge in [-0.25, -0.2) is 9.18 Å². The first kappa shape index (κ1) is 15.0. The number of carbonyl (C=O) groups is 2. The highest BCUT2D eigenvalue weighted by Crippen LogP contribution is 2.24. The van der Waals surface area contributed by atoms with Gasteiger partial charge >= 0.3 is 6.03 Å². The predicted molar refractivity (Wildman–Crippen MR) is 82.6 cm³/mol. The molecule has 0 aliphatic carbocycles. The number of urea groups is 1. The maximum Gasteiger partial charge on any atom is 0.329 e. The van der Waals surface area contributed by atoms with Crippen molar-refractivity contribution in [1.29, 1.82) is 0 Å². The molecule has 1 aliphatic rings. The molecule has 5 nitrogen and oxygen atoms in total. The maximum atomic E-state index is 13.2. The van der Waals surface area contributed by atoms with Crippen LogP contribution in [0.5, 0.6) is 0 Å². The number of nitrogens with one attached hydrogen (secondary N) is 1. The van der Waals surface area contributed by atoms with Crippen molar-refractivity contribution in [2.24, 2.45) is 0 Å². The van der Waals surface area contributed by atoms with Gasteiger partial charge in [-0.2, -0.15) is 0 Å². The fourth-order valence-electron chi connectivity index (χ4n) is 2.37. The number of benzene rings is 1. The molecule has 1 aromatic heterocycles. The van der Waals surface area contributed by atoms with Crippen molar-refractivity contribution < 1.29 is 18.4 Å². The van der Waals surface area contributed by atoms with Crippen LogP contribution in [0.15, 0.2) is 46.5 Å². The van der Waals surface area contributed by atoms with Crippen LogP contribution in [0.25, 0.3) is 17.4 Å². The van der Waals surface area contributed by atoms with Gasteiger partial charge in [0, 0.05) is 18.2 Å². The molecule has 2 heterocycles. The lowest BCUT2D eigenvalue weighted by atomic mass is 10.2. The summed E-state index contributed by atoms with van der Waals surface area (Å²) in [5, 5.41) is 2.52. The SMILES string of the molecule is CCCN1C(=O)N/C(=C/c2ccc(-c3cccc(F)c3)o2)C1=O. The van der Waals surface area contributed by atoms with E-state index in [1.807, 2.05) is 6.92 Å². The molecule has 23 heavy (non-hydrogen) atoms. The summed E-state index contributed by atoms with van der Waals surface area (Å²) in [6, 6.07) is 8.95. The monoisotopic (exact) mass is 314 g/mol. The van der Waals surface area contributed by atoms with Crippen LogP contribution in [0.2, 0.25) is 0 Å². The molecule has 0 bridgehead atoms. The van der Waals surface area contributed by atoms with Crippen LogP contribution < -0.4 is 5.32 Å².